The molecule has 5 nitrogen and oxygen atoms in total. The molecule has 0 spiro atoms. The monoisotopic (exact) mass is 382 g/mol. The fourth-order valence-electron chi connectivity index (χ4n) is 2.74. The average Bonchev–Trinajstić information content (AvgIpc) is 3.04. The Labute approximate surface area is 142 Å². The van der Waals surface area contributed by atoms with Gasteiger partial charge in [0.2, 0.25) is 0 Å². The van der Waals surface area contributed by atoms with Crippen molar-refractivity contribution in [2.24, 2.45) is 7.05 Å². The summed E-state index contributed by atoms with van der Waals surface area (Å²) in [5.41, 5.74) is 1.56. The summed E-state index contributed by atoms with van der Waals surface area (Å²) in [6.45, 7) is 6.25. The number of hydrogen-bond acceptors (Lipinski definition) is 4. The van der Waals surface area contributed by atoms with Crippen LogP contribution in [-0.2, 0) is 13.6 Å². The summed E-state index contributed by atoms with van der Waals surface area (Å²) in [7, 11) is 1.82. The Morgan fingerprint density at radius 1 is 1.32 bits per heavy atom. The lowest BCUT2D eigenvalue weighted by Crippen LogP contribution is -2.48. The van der Waals surface area contributed by atoms with Gasteiger partial charge in [-0.2, -0.15) is 5.10 Å². The average molecular weight is 383 g/mol. The minimum absolute atomic E-state index is 0.0848. The number of hydrogen-bond donors (Lipinski definition) is 0. The van der Waals surface area contributed by atoms with Crippen LogP contribution in [0.2, 0.25) is 0 Å². The highest BCUT2D eigenvalue weighted by Crippen LogP contribution is 2.23. The molecule has 1 aliphatic heterocycles. The molecule has 2 aromatic heterocycles. The zero-order valence-corrected chi connectivity index (χ0v) is 15.2. The summed E-state index contributed by atoms with van der Waals surface area (Å²) >= 11 is 5.27. The number of rotatable bonds is 3. The first-order valence-electron chi connectivity index (χ1n) is 7.29. The predicted molar refractivity (Wildman–Crippen MR) is 91.1 cm³/mol. The second kappa shape index (κ2) is 6.52. The standard InChI is InChI=1S/C15H19BrN4OS/c1-11-9-13(18(2)17-11)15(21)20-7-5-19(6-8-20)10-12-3-4-14(16)22-12/h3-4,9H,5-8,10H2,1-2H3. The maximum atomic E-state index is 12.5. The van der Waals surface area contributed by atoms with E-state index in [-0.39, 0.29) is 5.91 Å². The quantitative estimate of drug-likeness (QED) is 0.818. The van der Waals surface area contributed by atoms with E-state index in [2.05, 4.69) is 38.1 Å². The van der Waals surface area contributed by atoms with Crippen LogP contribution in [0, 0.1) is 6.92 Å². The maximum absolute atomic E-state index is 12.5. The zero-order chi connectivity index (χ0) is 15.7. The van der Waals surface area contributed by atoms with Crippen molar-refractivity contribution in [1.82, 2.24) is 19.6 Å². The number of carbonyl (C=O) groups excluding carboxylic acids is 1. The normalized spacial score (nSPS) is 16.2. The van der Waals surface area contributed by atoms with Gasteiger partial charge >= 0.3 is 0 Å². The fraction of sp³-hybridized carbons (Fsp3) is 0.467. The molecule has 7 heteroatoms. The lowest BCUT2D eigenvalue weighted by atomic mass is 10.2. The van der Waals surface area contributed by atoms with Crippen molar-refractivity contribution >= 4 is 33.2 Å². The lowest BCUT2D eigenvalue weighted by molar-refractivity contribution is 0.0619. The Bertz CT molecular complexity index is 673. The molecule has 0 atom stereocenters. The van der Waals surface area contributed by atoms with E-state index in [1.807, 2.05) is 24.9 Å². The van der Waals surface area contributed by atoms with E-state index in [9.17, 15) is 4.79 Å². The van der Waals surface area contributed by atoms with E-state index in [1.54, 1.807) is 16.0 Å². The van der Waals surface area contributed by atoms with Crippen LogP contribution in [0.1, 0.15) is 21.1 Å². The van der Waals surface area contributed by atoms with E-state index in [0.717, 1.165) is 38.4 Å². The molecule has 1 saturated heterocycles. The summed E-state index contributed by atoms with van der Waals surface area (Å²) in [5, 5.41) is 4.26. The summed E-state index contributed by atoms with van der Waals surface area (Å²) in [5.74, 6) is 0.0848. The highest BCUT2D eigenvalue weighted by Gasteiger charge is 2.24. The predicted octanol–water partition coefficient (Wildman–Crippen LogP) is 2.51. The molecule has 0 aromatic carbocycles. The maximum Gasteiger partial charge on any atom is 0.272 e. The van der Waals surface area contributed by atoms with Crippen LogP contribution in [0.15, 0.2) is 22.0 Å². The van der Waals surface area contributed by atoms with Gasteiger partial charge in [0.1, 0.15) is 5.69 Å². The van der Waals surface area contributed by atoms with Gasteiger partial charge in [-0.05, 0) is 41.1 Å². The van der Waals surface area contributed by atoms with Crippen molar-refractivity contribution in [3.8, 4) is 0 Å². The third-order valence-electron chi connectivity index (χ3n) is 3.89. The summed E-state index contributed by atoms with van der Waals surface area (Å²) in [6, 6.07) is 6.10. The Kier molecular flexibility index (Phi) is 4.65. The van der Waals surface area contributed by atoms with E-state index >= 15 is 0 Å². The molecule has 1 aliphatic rings. The summed E-state index contributed by atoms with van der Waals surface area (Å²) in [4.78, 5) is 18.2. The Morgan fingerprint density at radius 3 is 2.59 bits per heavy atom. The second-order valence-corrected chi connectivity index (χ2v) is 8.12. The number of amides is 1. The van der Waals surface area contributed by atoms with Crippen molar-refractivity contribution in [2.75, 3.05) is 26.2 Å². The van der Waals surface area contributed by atoms with Gasteiger partial charge in [-0.25, -0.2) is 0 Å². The van der Waals surface area contributed by atoms with Gasteiger partial charge in [0, 0.05) is 44.6 Å². The van der Waals surface area contributed by atoms with Gasteiger partial charge in [0.05, 0.1) is 9.48 Å². The van der Waals surface area contributed by atoms with E-state index in [0.29, 0.717) is 5.69 Å². The number of aryl methyl sites for hydroxylation is 2. The fourth-order valence-corrected chi connectivity index (χ4v) is 4.26. The SMILES string of the molecule is Cc1cc(C(=O)N2CCN(Cc3ccc(Br)s3)CC2)n(C)n1. The van der Waals surface area contributed by atoms with E-state index in [1.165, 1.54) is 8.66 Å². The molecule has 0 radical (unpaired) electrons. The first kappa shape index (κ1) is 15.7. The largest absolute Gasteiger partial charge is 0.335 e. The van der Waals surface area contributed by atoms with E-state index < -0.39 is 0 Å². The number of thiophene rings is 1. The van der Waals surface area contributed by atoms with Crippen LogP contribution in [0.5, 0.6) is 0 Å². The first-order valence-corrected chi connectivity index (χ1v) is 8.90. The highest BCUT2D eigenvalue weighted by molar-refractivity contribution is 9.11. The van der Waals surface area contributed by atoms with Crippen molar-refractivity contribution in [2.45, 2.75) is 13.5 Å². The highest BCUT2D eigenvalue weighted by atomic mass is 79.9. The van der Waals surface area contributed by atoms with Gasteiger partial charge < -0.3 is 4.90 Å². The molecule has 0 aliphatic carbocycles. The molecule has 118 valence electrons. The number of aromatic nitrogens is 2. The molecule has 2 aromatic rings. The van der Waals surface area contributed by atoms with E-state index in [4.69, 9.17) is 0 Å². The molecule has 1 fully saturated rings. The minimum atomic E-state index is 0.0848. The molecule has 0 unspecified atom stereocenters. The molecular weight excluding hydrogens is 364 g/mol. The van der Waals surface area contributed by atoms with Crippen molar-refractivity contribution in [3.63, 3.8) is 0 Å². The third kappa shape index (κ3) is 3.42. The van der Waals surface area contributed by atoms with Gasteiger partial charge in [0.25, 0.3) is 5.91 Å². The topological polar surface area (TPSA) is 41.4 Å². The Balaban J connectivity index is 1.57. The number of piperazine rings is 1. The van der Waals surface area contributed by atoms with Crippen molar-refractivity contribution in [3.05, 3.63) is 38.3 Å². The molecular formula is C15H19BrN4OS. The summed E-state index contributed by atoms with van der Waals surface area (Å²) < 4.78 is 2.84. The van der Waals surface area contributed by atoms with Crippen molar-refractivity contribution in [1.29, 1.82) is 0 Å². The molecule has 3 rings (SSSR count). The third-order valence-corrected chi connectivity index (χ3v) is 5.50. The molecule has 3 heterocycles. The summed E-state index contributed by atoms with van der Waals surface area (Å²) in [6.07, 6.45) is 0. The first-order chi connectivity index (χ1) is 10.5. The van der Waals surface area contributed by atoms with Crippen LogP contribution in [0.3, 0.4) is 0 Å². The van der Waals surface area contributed by atoms with Crippen LogP contribution in [0.4, 0.5) is 0 Å². The molecule has 0 bridgehead atoms. The van der Waals surface area contributed by atoms with Gasteiger partial charge in [-0.3, -0.25) is 14.4 Å². The van der Waals surface area contributed by atoms with Crippen LogP contribution in [-0.4, -0.2) is 51.7 Å². The van der Waals surface area contributed by atoms with Crippen molar-refractivity contribution < 1.29 is 4.79 Å². The van der Waals surface area contributed by atoms with Gasteiger partial charge in [-0.1, -0.05) is 0 Å². The number of halogens is 1. The smallest absolute Gasteiger partial charge is 0.272 e. The van der Waals surface area contributed by atoms with Crippen LogP contribution >= 0.6 is 27.3 Å². The van der Waals surface area contributed by atoms with Gasteiger partial charge in [0.15, 0.2) is 0 Å². The molecule has 22 heavy (non-hydrogen) atoms. The molecule has 0 saturated carbocycles. The number of nitrogens with zero attached hydrogens (tertiary/aromatic N) is 4. The Morgan fingerprint density at radius 2 is 2.05 bits per heavy atom. The van der Waals surface area contributed by atoms with Crippen LogP contribution < -0.4 is 0 Å². The Hall–Kier alpha value is -1.18. The number of carbonyl (C=O) groups is 1. The molecule has 1 amide bonds. The second-order valence-electron chi connectivity index (χ2n) is 5.57. The minimum Gasteiger partial charge on any atom is -0.335 e. The van der Waals surface area contributed by atoms with Crippen LogP contribution in [0.25, 0.3) is 0 Å². The molecule has 0 N–H and O–H groups in total. The lowest BCUT2D eigenvalue weighted by Gasteiger charge is -2.34. The zero-order valence-electron chi connectivity index (χ0n) is 12.8. The van der Waals surface area contributed by atoms with Gasteiger partial charge in [-0.15, -0.1) is 11.3 Å².